The fourth-order valence-corrected chi connectivity index (χ4v) is 3.02. The van der Waals surface area contributed by atoms with Crippen molar-refractivity contribution in [2.24, 2.45) is 0 Å². The minimum Gasteiger partial charge on any atom is -0.374 e. The van der Waals surface area contributed by atoms with E-state index in [-0.39, 0.29) is 11.9 Å². The lowest BCUT2D eigenvalue weighted by atomic mass is 10.1. The number of hydrogen-bond donors (Lipinski definition) is 2. The average Bonchev–Trinajstić information content (AvgIpc) is 2.70. The molecule has 0 aromatic heterocycles. The summed E-state index contributed by atoms with van der Waals surface area (Å²) < 4.78 is 0. The number of anilines is 1. The van der Waals surface area contributed by atoms with Gasteiger partial charge in [0, 0.05) is 11.7 Å². The fourth-order valence-electron chi connectivity index (χ4n) is 3.02. The summed E-state index contributed by atoms with van der Waals surface area (Å²) in [6, 6.07) is 6.43. The number of rotatable bonds is 4. The average molecular weight is 288 g/mol. The Balaban J connectivity index is 1.89. The lowest BCUT2D eigenvalue weighted by molar-refractivity contribution is -0.122. The predicted octanol–water partition coefficient (Wildman–Crippen LogP) is 3.94. The molecule has 0 aliphatic heterocycles. The molecule has 1 aliphatic rings. The van der Waals surface area contributed by atoms with Crippen LogP contribution < -0.4 is 10.6 Å². The minimum atomic E-state index is -0.199. The summed E-state index contributed by atoms with van der Waals surface area (Å²) in [4.78, 5) is 12.3. The molecule has 0 heterocycles. The molecule has 1 saturated carbocycles. The highest BCUT2D eigenvalue weighted by Crippen LogP contribution is 2.19. The van der Waals surface area contributed by atoms with Crippen LogP contribution in [0.1, 0.15) is 56.6 Å². The Morgan fingerprint density at radius 2 is 1.81 bits per heavy atom. The van der Waals surface area contributed by atoms with Crippen molar-refractivity contribution in [3.8, 4) is 0 Å². The zero-order valence-corrected chi connectivity index (χ0v) is 13.5. The topological polar surface area (TPSA) is 41.1 Å². The largest absolute Gasteiger partial charge is 0.374 e. The van der Waals surface area contributed by atoms with E-state index >= 15 is 0 Å². The monoisotopic (exact) mass is 288 g/mol. The van der Waals surface area contributed by atoms with Gasteiger partial charge < -0.3 is 10.6 Å². The van der Waals surface area contributed by atoms with Crippen LogP contribution in [0.3, 0.4) is 0 Å². The Kier molecular flexibility index (Phi) is 5.66. The first-order chi connectivity index (χ1) is 10.1. The first-order valence-electron chi connectivity index (χ1n) is 8.20. The SMILES string of the molecule is Cc1ccc(N[C@H](C)C(=O)NC2CCCCCC2)c(C)c1. The van der Waals surface area contributed by atoms with Crippen molar-refractivity contribution in [3.63, 3.8) is 0 Å². The molecule has 0 saturated heterocycles. The van der Waals surface area contributed by atoms with Crippen molar-refractivity contribution in [1.29, 1.82) is 0 Å². The maximum atomic E-state index is 12.3. The number of amides is 1. The van der Waals surface area contributed by atoms with Crippen LogP contribution in [0, 0.1) is 13.8 Å². The van der Waals surface area contributed by atoms with Crippen LogP contribution in [0.15, 0.2) is 18.2 Å². The number of carbonyl (C=O) groups is 1. The first kappa shape index (κ1) is 15.9. The van der Waals surface area contributed by atoms with Gasteiger partial charge in [-0.1, -0.05) is 43.4 Å². The van der Waals surface area contributed by atoms with Crippen molar-refractivity contribution in [3.05, 3.63) is 29.3 Å². The Hall–Kier alpha value is -1.51. The summed E-state index contributed by atoms with van der Waals surface area (Å²) in [6.07, 6.45) is 7.35. The summed E-state index contributed by atoms with van der Waals surface area (Å²) >= 11 is 0. The molecular weight excluding hydrogens is 260 g/mol. The van der Waals surface area contributed by atoms with E-state index in [1.165, 1.54) is 36.8 Å². The Labute approximate surface area is 128 Å². The molecule has 3 heteroatoms. The van der Waals surface area contributed by atoms with Crippen molar-refractivity contribution >= 4 is 11.6 Å². The summed E-state index contributed by atoms with van der Waals surface area (Å²) in [5, 5.41) is 6.54. The maximum Gasteiger partial charge on any atom is 0.242 e. The molecule has 2 N–H and O–H groups in total. The molecule has 0 spiro atoms. The van der Waals surface area contributed by atoms with Gasteiger partial charge in [-0.3, -0.25) is 4.79 Å². The minimum absolute atomic E-state index is 0.113. The summed E-state index contributed by atoms with van der Waals surface area (Å²) in [6.45, 7) is 6.09. The highest BCUT2D eigenvalue weighted by atomic mass is 16.2. The molecule has 1 aromatic carbocycles. The highest BCUT2D eigenvalue weighted by molar-refractivity contribution is 5.84. The molecule has 0 radical (unpaired) electrons. The molecule has 1 fully saturated rings. The van der Waals surface area contributed by atoms with Gasteiger partial charge in [0.15, 0.2) is 0 Å². The van der Waals surface area contributed by atoms with Gasteiger partial charge in [-0.25, -0.2) is 0 Å². The van der Waals surface area contributed by atoms with E-state index in [4.69, 9.17) is 0 Å². The Morgan fingerprint density at radius 1 is 1.14 bits per heavy atom. The second kappa shape index (κ2) is 7.48. The maximum absolute atomic E-state index is 12.3. The first-order valence-corrected chi connectivity index (χ1v) is 8.20. The molecule has 2 rings (SSSR count). The number of benzene rings is 1. The summed E-state index contributed by atoms with van der Waals surface area (Å²) in [5.41, 5.74) is 3.47. The van der Waals surface area contributed by atoms with Crippen LogP contribution in [0.4, 0.5) is 5.69 Å². The molecule has 1 aliphatic carbocycles. The Bertz CT molecular complexity index is 476. The van der Waals surface area contributed by atoms with Gasteiger partial charge >= 0.3 is 0 Å². The zero-order valence-electron chi connectivity index (χ0n) is 13.5. The third-order valence-electron chi connectivity index (χ3n) is 4.35. The van der Waals surface area contributed by atoms with Gasteiger partial charge in [0.05, 0.1) is 0 Å². The van der Waals surface area contributed by atoms with E-state index < -0.39 is 0 Å². The van der Waals surface area contributed by atoms with E-state index in [0.717, 1.165) is 18.5 Å². The standard InChI is InChI=1S/C18H28N2O/c1-13-10-11-17(14(2)12-13)19-15(3)18(21)20-16-8-6-4-5-7-9-16/h10-12,15-16,19H,4-9H2,1-3H3,(H,20,21)/t15-/m1/s1. The summed E-state index contributed by atoms with van der Waals surface area (Å²) in [7, 11) is 0. The van der Waals surface area contributed by atoms with Crippen LogP contribution in [-0.2, 0) is 4.79 Å². The molecule has 0 bridgehead atoms. The van der Waals surface area contributed by atoms with Gasteiger partial charge in [0.2, 0.25) is 5.91 Å². The normalized spacial score (nSPS) is 17.9. The molecule has 1 amide bonds. The molecule has 21 heavy (non-hydrogen) atoms. The summed E-state index contributed by atoms with van der Waals surface area (Å²) in [5.74, 6) is 0.113. The van der Waals surface area contributed by atoms with Crippen LogP contribution in [0.5, 0.6) is 0 Å². The van der Waals surface area contributed by atoms with E-state index in [2.05, 4.69) is 42.7 Å². The van der Waals surface area contributed by atoms with Crippen LogP contribution in [-0.4, -0.2) is 18.0 Å². The lowest BCUT2D eigenvalue weighted by Crippen LogP contribution is -2.43. The van der Waals surface area contributed by atoms with E-state index in [1.54, 1.807) is 0 Å². The Morgan fingerprint density at radius 3 is 2.43 bits per heavy atom. The van der Waals surface area contributed by atoms with Crippen molar-refractivity contribution in [2.75, 3.05) is 5.32 Å². The van der Waals surface area contributed by atoms with Crippen molar-refractivity contribution in [1.82, 2.24) is 5.32 Å². The van der Waals surface area contributed by atoms with Gasteiger partial charge in [0.25, 0.3) is 0 Å². The van der Waals surface area contributed by atoms with Gasteiger partial charge in [0.1, 0.15) is 6.04 Å². The molecule has 1 atom stereocenters. The molecule has 0 unspecified atom stereocenters. The third-order valence-corrected chi connectivity index (χ3v) is 4.35. The number of nitrogens with one attached hydrogen (secondary N) is 2. The smallest absolute Gasteiger partial charge is 0.242 e. The predicted molar refractivity (Wildman–Crippen MR) is 88.6 cm³/mol. The quantitative estimate of drug-likeness (QED) is 0.824. The van der Waals surface area contributed by atoms with E-state index in [0.29, 0.717) is 6.04 Å². The van der Waals surface area contributed by atoms with Crippen LogP contribution in [0.25, 0.3) is 0 Å². The fraction of sp³-hybridized carbons (Fsp3) is 0.611. The van der Waals surface area contributed by atoms with Gasteiger partial charge in [-0.05, 0) is 45.2 Å². The second-order valence-corrected chi connectivity index (χ2v) is 6.38. The number of aryl methyl sites for hydroxylation is 2. The number of carbonyl (C=O) groups excluding carboxylic acids is 1. The van der Waals surface area contributed by atoms with E-state index in [1.807, 2.05) is 6.92 Å². The lowest BCUT2D eigenvalue weighted by Gasteiger charge is -2.21. The number of hydrogen-bond acceptors (Lipinski definition) is 2. The molecule has 3 nitrogen and oxygen atoms in total. The third kappa shape index (κ3) is 4.76. The molecular formula is C18H28N2O. The van der Waals surface area contributed by atoms with Crippen LogP contribution >= 0.6 is 0 Å². The van der Waals surface area contributed by atoms with Crippen LogP contribution in [0.2, 0.25) is 0 Å². The molecule has 116 valence electrons. The second-order valence-electron chi connectivity index (χ2n) is 6.38. The van der Waals surface area contributed by atoms with Gasteiger partial charge in [-0.2, -0.15) is 0 Å². The molecule has 1 aromatic rings. The van der Waals surface area contributed by atoms with Crippen molar-refractivity contribution < 1.29 is 4.79 Å². The van der Waals surface area contributed by atoms with Gasteiger partial charge in [-0.15, -0.1) is 0 Å². The zero-order chi connectivity index (χ0) is 15.2. The highest BCUT2D eigenvalue weighted by Gasteiger charge is 2.19. The van der Waals surface area contributed by atoms with Crippen molar-refractivity contribution in [2.45, 2.75) is 71.4 Å². The van der Waals surface area contributed by atoms with E-state index in [9.17, 15) is 4.79 Å².